The van der Waals surface area contributed by atoms with E-state index in [0.717, 1.165) is 0 Å². The van der Waals surface area contributed by atoms with Crippen molar-refractivity contribution in [1.29, 1.82) is 0 Å². The van der Waals surface area contributed by atoms with E-state index < -0.39 is 19.4 Å². The first-order valence-electron chi connectivity index (χ1n) is 8.16. The summed E-state index contributed by atoms with van der Waals surface area (Å²) in [6.07, 6.45) is 0. The summed E-state index contributed by atoms with van der Waals surface area (Å²) in [6, 6.07) is 20.9. The van der Waals surface area contributed by atoms with Crippen molar-refractivity contribution in [2.45, 2.75) is 12.8 Å². The van der Waals surface area contributed by atoms with Crippen molar-refractivity contribution < 1.29 is 43.0 Å². The molecule has 0 fully saturated rings. The van der Waals surface area contributed by atoms with Gasteiger partial charge in [-0.15, -0.1) is 0 Å². The van der Waals surface area contributed by atoms with Crippen LogP contribution in [0.25, 0.3) is 0 Å². The van der Waals surface area contributed by atoms with Crippen LogP contribution in [-0.2, 0) is 0 Å². The van der Waals surface area contributed by atoms with Crippen LogP contribution >= 0.6 is 7.92 Å². The number of hydrogen-bond acceptors (Lipinski definition) is 2. The molecule has 3 aromatic carbocycles. The Labute approximate surface area is 176 Å². The zero-order valence-corrected chi connectivity index (χ0v) is 16.3. The molecule has 0 aliphatic rings. The Morgan fingerprint density at radius 3 is 2.00 bits per heavy atom. The van der Waals surface area contributed by atoms with Gasteiger partial charge in [-0.3, -0.25) is 4.79 Å². The number of carbonyl (C=O) groups excluding carboxylic acids is 1. The summed E-state index contributed by atoms with van der Waals surface area (Å²) in [5.74, 6) is -3.62. The molecule has 2 nitrogen and oxygen atoms in total. The van der Waals surface area contributed by atoms with Gasteiger partial charge in [-0.2, -0.15) is 13.2 Å². The molecule has 7 heteroatoms. The van der Waals surface area contributed by atoms with Crippen LogP contribution in [0, 0.1) is 6.92 Å². The summed E-state index contributed by atoms with van der Waals surface area (Å²) in [6.45, 7) is 1.56. The summed E-state index contributed by atoms with van der Waals surface area (Å²) in [7, 11) is -3.02. The molecule has 0 heterocycles. The van der Waals surface area contributed by atoms with Crippen LogP contribution in [0.5, 0.6) is 11.5 Å². The SMILES string of the molecule is Cc1cc(Oc2ccccc2)ccc1P(C(=O)c1ccccc1)C(F)(F)F.[H-].[Li+]. The monoisotopic (exact) mass is 396 g/mol. The molecule has 0 aliphatic heterocycles. The molecule has 0 aliphatic carbocycles. The van der Waals surface area contributed by atoms with Gasteiger partial charge in [-0.05, 0) is 48.1 Å². The van der Waals surface area contributed by atoms with E-state index in [1.165, 1.54) is 30.3 Å². The van der Waals surface area contributed by atoms with Crippen LogP contribution in [0.3, 0.4) is 0 Å². The third-order valence-corrected chi connectivity index (χ3v) is 6.02. The summed E-state index contributed by atoms with van der Waals surface area (Å²) in [5.41, 5.74) is -0.473. The number of para-hydroxylation sites is 1. The van der Waals surface area contributed by atoms with Crippen LogP contribution in [0.15, 0.2) is 78.9 Å². The van der Waals surface area contributed by atoms with Crippen LogP contribution in [0.2, 0.25) is 0 Å². The van der Waals surface area contributed by atoms with Crippen molar-refractivity contribution in [3.8, 4) is 11.5 Å². The second-order valence-electron chi connectivity index (χ2n) is 5.84. The third-order valence-electron chi connectivity index (χ3n) is 3.87. The maximum Gasteiger partial charge on any atom is 1.00 e. The van der Waals surface area contributed by atoms with Gasteiger partial charge in [0.1, 0.15) is 19.4 Å². The van der Waals surface area contributed by atoms with E-state index in [9.17, 15) is 18.0 Å². The van der Waals surface area contributed by atoms with Gasteiger partial charge >= 0.3 is 24.8 Å². The van der Waals surface area contributed by atoms with E-state index in [-0.39, 0.29) is 31.2 Å². The molecule has 0 bridgehead atoms. The second-order valence-corrected chi connectivity index (χ2v) is 7.90. The average molecular weight is 396 g/mol. The molecule has 1 atom stereocenters. The quantitative estimate of drug-likeness (QED) is 0.488. The molecule has 3 rings (SSSR count). The topological polar surface area (TPSA) is 26.3 Å². The molecular weight excluding hydrogens is 379 g/mol. The second kappa shape index (κ2) is 9.43. The number of hydrogen-bond donors (Lipinski definition) is 0. The minimum Gasteiger partial charge on any atom is -1.00 e. The van der Waals surface area contributed by atoms with E-state index in [0.29, 0.717) is 17.1 Å². The van der Waals surface area contributed by atoms with Gasteiger partial charge in [-0.1, -0.05) is 48.5 Å². The molecule has 1 unspecified atom stereocenters. The zero-order chi connectivity index (χ0) is 19.4. The van der Waals surface area contributed by atoms with E-state index >= 15 is 0 Å². The van der Waals surface area contributed by atoms with Crippen molar-refractivity contribution in [3.63, 3.8) is 0 Å². The van der Waals surface area contributed by atoms with E-state index in [4.69, 9.17) is 4.74 Å². The molecule has 0 saturated heterocycles. The molecule has 140 valence electrons. The van der Waals surface area contributed by atoms with Gasteiger partial charge in [0.25, 0.3) is 0 Å². The predicted octanol–water partition coefficient (Wildman–Crippen LogP) is 3.37. The van der Waals surface area contributed by atoms with Crippen LogP contribution in [0.4, 0.5) is 13.2 Å². The summed E-state index contributed by atoms with van der Waals surface area (Å²) in [5, 5.41) is -0.00763. The van der Waals surface area contributed by atoms with Crippen molar-refractivity contribution in [1.82, 2.24) is 0 Å². The normalized spacial score (nSPS) is 12.0. The molecule has 0 aromatic heterocycles. The number of benzene rings is 3. The van der Waals surface area contributed by atoms with Crippen molar-refractivity contribution in [3.05, 3.63) is 90.0 Å². The minimum absolute atomic E-state index is 0. The van der Waals surface area contributed by atoms with Gasteiger partial charge in [0, 0.05) is 5.56 Å². The van der Waals surface area contributed by atoms with Crippen LogP contribution in [-0.4, -0.2) is 11.4 Å². The molecule has 0 radical (unpaired) electrons. The number of halogens is 3. The molecule has 0 N–H and O–H groups in total. The number of aryl methyl sites for hydroxylation is 1. The Morgan fingerprint density at radius 2 is 1.46 bits per heavy atom. The third kappa shape index (κ3) is 5.26. The average Bonchev–Trinajstić information content (AvgIpc) is 2.64. The number of ether oxygens (including phenoxy) is 1. The van der Waals surface area contributed by atoms with Gasteiger partial charge in [0.05, 0.1) is 0 Å². The molecule has 0 spiro atoms. The summed E-state index contributed by atoms with van der Waals surface area (Å²) < 4.78 is 46.9. The molecule has 0 saturated carbocycles. The van der Waals surface area contributed by atoms with Gasteiger partial charge < -0.3 is 6.16 Å². The van der Waals surface area contributed by atoms with Crippen molar-refractivity contribution in [2.24, 2.45) is 0 Å². The Kier molecular flexibility index (Phi) is 7.49. The molecular formula is C21H17F3LiO2P. The summed E-state index contributed by atoms with van der Waals surface area (Å²) in [4.78, 5) is 12.6. The predicted molar refractivity (Wildman–Crippen MR) is 102 cm³/mol. The molecule has 28 heavy (non-hydrogen) atoms. The van der Waals surface area contributed by atoms with Gasteiger partial charge in [0.15, 0.2) is 5.52 Å². The Morgan fingerprint density at radius 1 is 0.893 bits per heavy atom. The van der Waals surface area contributed by atoms with Crippen molar-refractivity contribution >= 4 is 18.8 Å². The van der Waals surface area contributed by atoms with E-state index in [2.05, 4.69) is 0 Å². The van der Waals surface area contributed by atoms with Crippen molar-refractivity contribution in [2.75, 3.05) is 0 Å². The number of rotatable bonds is 5. The van der Waals surface area contributed by atoms with Gasteiger partial charge in [-0.25, -0.2) is 0 Å². The summed E-state index contributed by atoms with van der Waals surface area (Å²) >= 11 is 0. The maximum atomic E-state index is 13.7. The zero-order valence-electron chi connectivity index (χ0n) is 16.4. The number of alkyl halides is 3. The Hall–Kier alpha value is -2.05. The Balaban J connectivity index is 0.00000210. The van der Waals surface area contributed by atoms with Gasteiger partial charge in [0.2, 0.25) is 0 Å². The number of carbonyl (C=O) groups is 1. The first-order valence-corrected chi connectivity index (χ1v) is 9.50. The Bertz CT molecular complexity index is 938. The standard InChI is InChI=1S/C21H16F3O2P.Li.H/c1-15-14-18(26-17-10-6-3-7-11-17)12-13-19(15)27(21(22,23)24)20(25)16-8-4-2-5-9-16;;/h2-14H,1H3;;/q;+1;-1. The van der Waals surface area contributed by atoms with E-state index in [1.807, 2.05) is 6.07 Å². The molecule has 3 aromatic rings. The fourth-order valence-electron chi connectivity index (χ4n) is 2.64. The first kappa shape index (κ1) is 22.2. The fourth-order valence-corrected chi connectivity index (χ4v) is 4.41. The van der Waals surface area contributed by atoms with Crippen LogP contribution in [0.1, 0.15) is 17.3 Å². The molecule has 0 amide bonds. The fraction of sp³-hybridized carbons (Fsp3) is 0.0952. The largest absolute Gasteiger partial charge is 1.00 e. The maximum absolute atomic E-state index is 13.7. The first-order chi connectivity index (χ1) is 12.9. The minimum atomic E-state index is -4.63. The smallest absolute Gasteiger partial charge is 1.00 e. The van der Waals surface area contributed by atoms with E-state index in [1.54, 1.807) is 49.4 Å². The van der Waals surface area contributed by atoms with Crippen LogP contribution < -0.4 is 28.9 Å².